The summed E-state index contributed by atoms with van der Waals surface area (Å²) >= 11 is 0. The van der Waals surface area contributed by atoms with E-state index in [0.29, 0.717) is 11.4 Å². The first-order valence-corrected chi connectivity index (χ1v) is 19.1. The van der Waals surface area contributed by atoms with Gasteiger partial charge in [0, 0.05) is 32.7 Å². The van der Waals surface area contributed by atoms with Gasteiger partial charge in [0.15, 0.2) is 5.82 Å². The number of hydrogen-bond donors (Lipinski definition) is 0. The molecule has 4 nitrogen and oxygen atoms in total. The van der Waals surface area contributed by atoms with Crippen LogP contribution < -0.4 is 0 Å². The molecule has 264 valence electrons. The third kappa shape index (κ3) is 5.37. The average molecular weight is 725 g/mol. The summed E-state index contributed by atoms with van der Waals surface area (Å²) in [6.45, 7) is 0. The van der Waals surface area contributed by atoms with Crippen LogP contribution in [-0.4, -0.2) is 14.5 Å². The first kappa shape index (κ1) is 32.6. The Kier molecular flexibility index (Phi) is 7.52. The second-order valence-corrected chi connectivity index (χ2v) is 14.5. The Morgan fingerprint density at radius 2 is 0.982 bits per heavy atom. The van der Waals surface area contributed by atoms with E-state index >= 15 is 0 Å². The predicted octanol–water partition coefficient (Wildman–Crippen LogP) is 13.6. The smallest absolute Gasteiger partial charge is 0.161 e. The van der Waals surface area contributed by atoms with Crippen LogP contribution in [0.5, 0.6) is 0 Å². The summed E-state index contributed by atoms with van der Waals surface area (Å²) in [5, 5.41) is 18.5. The van der Waals surface area contributed by atoms with Crippen LogP contribution in [0, 0.1) is 11.3 Å². The number of hydrogen-bond acceptors (Lipinski definition) is 3. The van der Waals surface area contributed by atoms with Crippen molar-refractivity contribution in [2.75, 3.05) is 0 Å². The van der Waals surface area contributed by atoms with E-state index in [2.05, 4.69) is 180 Å². The first-order chi connectivity index (χ1) is 28.2. The zero-order valence-corrected chi connectivity index (χ0v) is 30.8. The molecule has 0 aliphatic rings. The summed E-state index contributed by atoms with van der Waals surface area (Å²) in [5.74, 6) is 0.574. The molecular formula is C53H32N4. The lowest BCUT2D eigenvalue weighted by atomic mass is 9.96. The molecule has 0 unspecified atom stereocenters. The second kappa shape index (κ2) is 13.2. The zero-order chi connectivity index (χ0) is 37.9. The molecule has 0 aliphatic carbocycles. The van der Waals surface area contributed by atoms with Crippen molar-refractivity contribution in [1.29, 1.82) is 5.26 Å². The van der Waals surface area contributed by atoms with Gasteiger partial charge < -0.3 is 4.57 Å². The molecule has 9 aromatic carbocycles. The number of fused-ring (bicyclic) bond motifs is 6. The number of aromatic nitrogens is 3. The van der Waals surface area contributed by atoms with Crippen molar-refractivity contribution < 1.29 is 0 Å². The lowest BCUT2D eigenvalue weighted by molar-refractivity contribution is 1.18. The van der Waals surface area contributed by atoms with Gasteiger partial charge in [-0.05, 0) is 74.8 Å². The molecule has 0 bridgehead atoms. The van der Waals surface area contributed by atoms with Gasteiger partial charge in [-0.3, -0.25) is 0 Å². The minimum Gasteiger partial charge on any atom is -0.307 e. The van der Waals surface area contributed by atoms with Crippen molar-refractivity contribution >= 4 is 54.3 Å². The average Bonchev–Trinajstić information content (AvgIpc) is 3.60. The number of rotatable bonds is 5. The topological polar surface area (TPSA) is 54.5 Å². The molecule has 4 heteroatoms. The quantitative estimate of drug-likeness (QED) is 0.178. The second-order valence-electron chi connectivity index (χ2n) is 14.5. The Balaban J connectivity index is 1.16. The van der Waals surface area contributed by atoms with Gasteiger partial charge in [0.2, 0.25) is 0 Å². The van der Waals surface area contributed by atoms with Crippen molar-refractivity contribution in [3.05, 3.63) is 200 Å². The van der Waals surface area contributed by atoms with Crippen LogP contribution in [0.15, 0.2) is 194 Å². The number of nitrogens with zero attached hydrogens (tertiary/aromatic N) is 4. The molecule has 11 aromatic rings. The standard InChI is InChI=1S/C53H32N4/c54-33-41-31-46(42-19-9-10-21-44(42)52(41)57-49-22-12-11-20-43(49)45-29-38-17-7-8-18-39(38)32-50(45)57)53-55-48-28-27-40(35-15-5-2-6-16-35)30-47(48)51(56-53)37-25-23-36(24-26-37)34-13-3-1-4-14-34/h1-32H. The normalized spacial score (nSPS) is 11.5. The molecule has 57 heavy (non-hydrogen) atoms. The molecule has 0 saturated heterocycles. The van der Waals surface area contributed by atoms with E-state index in [1.54, 1.807) is 0 Å². The van der Waals surface area contributed by atoms with Gasteiger partial charge in [-0.1, -0.05) is 158 Å². The van der Waals surface area contributed by atoms with Crippen molar-refractivity contribution in [2.24, 2.45) is 0 Å². The summed E-state index contributed by atoms with van der Waals surface area (Å²) in [5.41, 5.74) is 11.5. The van der Waals surface area contributed by atoms with E-state index in [-0.39, 0.29) is 0 Å². The summed E-state index contributed by atoms with van der Waals surface area (Å²) in [6, 6.07) is 70.3. The molecule has 11 rings (SSSR count). The predicted molar refractivity (Wildman–Crippen MR) is 235 cm³/mol. The van der Waals surface area contributed by atoms with Crippen LogP contribution in [0.25, 0.3) is 105 Å². The van der Waals surface area contributed by atoms with Crippen LogP contribution >= 0.6 is 0 Å². The van der Waals surface area contributed by atoms with Crippen LogP contribution in [0.3, 0.4) is 0 Å². The van der Waals surface area contributed by atoms with Gasteiger partial charge in [0.05, 0.1) is 33.5 Å². The van der Waals surface area contributed by atoms with Gasteiger partial charge in [0.1, 0.15) is 6.07 Å². The minimum atomic E-state index is 0.552. The molecular weight excluding hydrogens is 693 g/mol. The van der Waals surface area contributed by atoms with Gasteiger partial charge in [-0.25, -0.2) is 9.97 Å². The summed E-state index contributed by atoms with van der Waals surface area (Å²) in [4.78, 5) is 10.7. The minimum absolute atomic E-state index is 0.552. The van der Waals surface area contributed by atoms with Gasteiger partial charge >= 0.3 is 0 Å². The SMILES string of the molecule is N#Cc1cc(-c2nc(-c3ccc(-c4ccccc4)cc3)c3cc(-c4ccccc4)ccc3n2)c2ccccc2c1-n1c2ccccc2c2cc3ccccc3cc21. The van der Waals surface area contributed by atoms with Crippen molar-refractivity contribution in [3.63, 3.8) is 0 Å². The van der Waals surface area contributed by atoms with E-state index in [4.69, 9.17) is 9.97 Å². The lowest BCUT2D eigenvalue weighted by Crippen LogP contribution is -2.02. The van der Waals surface area contributed by atoms with Crippen LogP contribution in [0.4, 0.5) is 0 Å². The maximum absolute atomic E-state index is 11.0. The summed E-state index contributed by atoms with van der Waals surface area (Å²) in [7, 11) is 0. The first-order valence-electron chi connectivity index (χ1n) is 19.1. The maximum Gasteiger partial charge on any atom is 0.161 e. The van der Waals surface area contributed by atoms with Gasteiger partial charge in [-0.2, -0.15) is 5.26 Å². The third-order valence-electron chi connectivity index (χ3n) is 11.2. The Morgan fingerprint density at radius 1 is 0.404 bits per heavy atom. The summed E-state index contributed by atoms with van der Waals surface area (Å²) in [6.07, 6.45) is 0. The van der Waals surface area contributed by atoms with Crippen LogP contribution in [0.1, 0.15) is 5.56 Å². The number of para-hydroxylation sites is 1. The Hall–Kier alpha value is -7.87. The fraction of sp³-hybridized carbons (Fsp3) is 0. The molecule has 0 saturated carbocycles. The molecule has 2 aromatic heterocycles. The number of nitriles is 1. The highest BCUT2D eigenvalue weighted by Crippen LogP contribution is 2.42. The summed E-state index contributed by atoms with van der Waals surface area (Å²) < 4.78 is 2.27. The highest BCUT2D eigenvalue weighted by molar-refractivity contribution is 6.15. The molecule has 0 radical (unpaired) electrons. The third-order valence-corrected chi connectivity index (χ3v) is 11.2. The fourth-order valence-electron chi connectivity index (χ4n) is 8.50. The Labute approximate surface area is 329 Å². The number of benzene rings is 9. The zero-order valence-electron chi connectivity index (χ0n) is 30.8. The molecule has 0 aliphatic heterocycles. The van der Waals surface area contributed by atoms with Crippen molar-refractivity contribution in [3.8, 4) is 56.7 Å². The van der Waals surface area contributed by atoms with Crippen molar-refractivity contribution in [1.82, 2.24) is 14.5 Å². The van der Waals surface area contributed by atoms with Gasteiger partial charge in [0.25, 0.3) is 0 Å². The monoisotopic (exact) mass is 724 g/mol. The molecule has 0 amide bonds. The van der Waals surface area contributed by atoms with Crippen LogP contribution in [0.2, 0.25) is 0 Å². The fourth-order valence-corrected chi connectivity index (χ4v) is 8.50. The van der Waals surface area contributed by atoms with E-state index in [9.17, 15) is 5.26 Å². The van der Waals surface area contributed by atoms with E-state index in [0.717, 1.165) is 93.6 Å². The lowest BCUT2D eigenvalue weighted by Gasteiger charge is -2.17. The van der Waals surface area contributed by atoms with Crippen molar-refractivity contribution in [2.45, 2.75) is 0 Å². The van der Waals surface area contributed by atoms with Crippen LogP contribution in [-0.2, 0) is 0 Å². The Bertz CT molecular complexity index is 3390. The molecule has 2 heterocycles. The highest BCUT2D eigenvalue weighted by atomic mass is 15.0. The maximum atomic E-state index is 11.0. The molecule has 0 atom stereocenters. The highest BCUT2D eigenvalue weighted by Gasteiger charge is 2.22. The molecule has 0 N–H and O–H groups in total. The molecule has 0 fully saturated rings. The van der Waals surface area contributed by atoms with E-state index in [1.165, 1.54) is 5.39 Å². The van der Waals surface area contributed by atoms with Gasteiger partial charge in [-0.15, -0.1) is 0 Å². The largest absolute Gasteiger partial charge is 0.307 e. The molecule has 0 spiro atoms. The Morgan fingerprint density at radius 3 is 1.72 bits per heavy atom. The van der Waals surface area contributed by atoms with E-state index in [1.807, 2.05) is 24.3 Å². The van der Waals surface area contributed by atoms with E-state index < -0.39 is 0 Å².